The van der Waals surface area contributed by atoms with E-state index in [1.807, 2.05) is 0 Å². The summed E-state index contributed by atoms with van der Waals surface area (Å²) in [5, 5.41) is 0. The van der Waals surface area contributed by atoms with Crippen LogP contribution in [0.25, 0.3) is 0 Å². The Kier molecular flexibility index (Phi) is 4.58. The number of methoxy groups -OCH3 is 1. The van der Waals surface area contributed by atoms with Crippen molar-refractivity contribution in [2.24, 2.45) is 5.92 Å². The summed E-state index contributed by atoms with van der Waals surface area (Å²) in [6, 6.07) is 0. The second-order valence-corrected chi connectivity index (χ2v) is 3.16. The van der Waals surface area contributed by atoms with E-state index in [0.29, 0.717) is 12.7 Å². The van der Waals surface area contributed by atoms with Crippen molar-refractivity contribution in [3.05, 3.63) is 0 Å². The molecule has 1 aliphatic heterocycles. The zero-order chi connectivity index (χ0) is 8.81. The first-order valence-corrected chi connectivity index (χ1v) is 4.60. The number of ether oxygens (including phenoxy) is 3. The van der Waals surface area contributed by atoms with Crippen LogP contribution in [0.5, 0.6) is 0 Å². The standard InChI is InChI=1S/C9H18O3/c1-3-4-5-8-6-11-7-12-9(8)10-2/h8-9H,3-7H2,1-2H3. The van der Waals surface area contributed by atoms with Crippen LogP contribution in [-0.4, -0.2) is 26.8 Å². The summed E-state index contributed by atoms with van der Waals surface area (Å²) in [6.45, 7) is 3.34. The van der Waals surface area contributed by atoms with Gasteiger partial charge in [-0.05, 0) is 6.42 Å². The van der Waals surface area contributed by atoms with E-state index in [1.165, 1.54) is 12.8 Å². The first-order chi connectivity index (χ1) is 5.88. The van der Waals surface area contributed by atoms with Crippen LogP contribution in [0, 0.1) is 5.92 Å². The molecule has 3 nitrogen and oxygen atoms in total. The van der Waals surface area contributed by atoms with Gasteiger partial charge in [-0.2, -0.15) is 0 Å². The molecule has 0 bridgehead atoms. The normalized spacial score (nSPS) is 30.5. The molecule has 0 spiro atoms. The van der Waals surface area contributed by atoms with Crippen molar-refractivity contribution in [2.45, 2.75) is 32.5 Å². The summed E-state index contributed by atoms with van der Waals surface area (Å²) in [5.74, 6) is 0.420. The molecule has 3 heteroatoms. The van der Waals surface area contributed by atoms with E-state index in [9.17, 15) is 0 Å². The SMILES string of the molecule is CCCCC1COCOC1OC. The maximum absolute atomic E-state index is 5.29. The third kappa shape index (κ3) is 2.73. The van der Waals surface area contributed by atoms with Gasteiger partial charge in [-0.15, -0.1) is 0 Å². The minimum absolute atomic E-state index is 0.0506. The molecule has 0 N–H and O–H groups in total. The van der Waals surface area contributed by atoms with Crippen LogP contribution in [0.1, 0.15) is 26.2 Å². The Balaban J connectivity index is 2.26. The molecule has 12 heavy (non-hydrogen) atoms. The molecule has 1 saturated heterocycles. The van der Waals surface area contributed by atoms with Crippen LogP contribution in [0.15, 0.2) is 0 Å². The fourth-order valence-corrected chi connectivity index (χ4v) is 1.48. The summed E-state index contributed by atoms with van der Waals surface area (Å²) in [7, 11) is 1.69. The van der Waals surface area contributed by atoms with Crippen LogP contribution >= 0.6 is 0 Å². The lowest BCUT2D eigenvalue weighted by Crippen LogP contribution is -2.35. The molecule has 0 radical (unpaired) electrons. The molecule has 1 fully saturated rings. The lowest BCUT2D eigenvalue weighted by molar-refractivity contribution is -0.256. The smallest absolute Gasteiger partial charge is 0.165 e. The van der Waals surface area contributed by atoms with E-state index in [2.05, 4.69) is 6.92 Å². The van der Waals surface area contributed by atoms with Crippen molar-refractivity contribution in [1.82, 2.24) is 0 Å². The maximum Gasteiger partial charge on any atom is 0.165 e. The predicted octanol–water partition coefficient (Wildman–Crippen LogP) is 1.77. The van der Waals surface area contributed by atoms with Gasteiger partial charge in [0.05, 0.1) is 6.61 Å². The Morgan fingerprint density at radius 3 is 3.00 bits per heavy atom. The summed E-state index contributed by atoms with van der Waals surface area (Å²) >= 11 is 0. The fraction of sp³-hybridized carbons (Fsp3) is 1.00. The van der Waals surface area contributed by atoms with Crippen molar-refractivity contribution in [1.29, 1.82) is 0 Å². The van der Waals surface area contributed by atoms with Crippen LogP contribution in [-0.2, 0) is 14.2 Å². The minimum atomic E-state index is -0.0506. The summed E-state index contributed by atoms with van der Waals surface area (Å²) in [4.78, 5) is 0. The molecule has 0 aromatic rings. The van der Waals surface area contributed by atoms with Crippen LogP contribution < -0.4 is 0 Å². The van der Waals surface area contributed by atoms with Gasteiger partial charge in [0.2, 0.25) is 0 Å². The van der Waals surface area contributed by atoms with Crippen LogP contribution in [0.2, 0.25) is 0 Å². The summed E-state index contributed by atoms with van der Waals surface area (Å²) < 4.78 is 15.7. The molecule has 0 aromatic carbocycles. The highest BCUT2D eigenvalue weighted by molar-refractivity contribution is 4.64. The predicted molar refractivity (Wildman–Crippen MR) is 45.7 cm³/mol. The molecule has 0 saturated carbocycles. The topological polar surface area (TPSA) is 27.7 Å². The Labute approximate surface area is 74.0 Å². The summed E-state index contributed by atoms with van der Waals surface area (Å²) in [6.07, 6.45) is 3.52. The Hall–Kier alpha value is -0.120. The number of hydrogen-bond acceptors (Lipinski definition) is 3. The van der Waals surface area contributed by atoms with Gasteiger partial charge < -0.3 is 14.2 Å². The molecule has 72 valence electrons. The molecule has 0 aliphatic carbocycles. The highest BCUT2D eigenvalue weighted by Crippen LogP contribution is 2.20. The highest BCUT2D eigenvalue weighted by atomic mass is 16.8. The highest BCUT2D eigenvalue weighted by Gasteiger charge is 2.25. The molecule has 0 aromatic heterocycles. The maximum atomic E-state index is 5.29. The van der Waals surface area contributed by atoms with Crippen molar-refractivity contribution < 1.29 is 14.2 Å². The molecule has 1 heterocycles. The lowest BCUT2D eigenvalue weighted by atomic mass is 10.0. The van der Waals surface area contributed by atoms with E-state index in [0.717, 1.165) is 13.0 Å². The third-order valence-corrected chi connectivity index (χ3v) is 2.19. The van der Waals surface area contributed by atoms with E-state index < -0.39 is 0 Å². The van der Waals surface area contributed by atoms with E-state index in [1.54, 1.807) is 7.11 Å². The van der Waals surface area contributed by atoms with Gasteiger partial charge >= 0.3 is 0 Å². The van der Waals surface area contributed by atoms with Gasteiger partial charge in [0.1, 0.15) is 6.79 Å². The minimum Gasteiger partial charge on any atom is -0.355 e. The number of rotatable bonds is 4. The zero-order valence-corrected chi connectivity index (χ0v) is 7.91. The largest absolute Gasteiger partial charge is 0.355 e. The van der Waals surface area contributed by atoms with Crippen molar-refractivity contribution in [3.8, 4) is 0 Å². The Morgan fingerprint density at radius 2 is 2.33 bits per heavy atom. The number of unbranched alkanes of at least 4 members (excludes halogenated alkanes) is 1. The van der Waals surface area contributed by atoms with Gasteiger partial charge in [0.25, 0.3) is 0 Å². The first kappa shape index (κ1) is 9.96. The average molecular weight is 174 g/mol. The Morgan fingerprint density at radius 1 is 1.50 bits per heavy atom. The number of hydrogen-bond donors (Lipinski definition) is 0. The monoisotopic (exact) mass is 174 g/mol. The molecular formula is C9H18O3. The van der Waals surface area contributed by atoms with Crippen LogP contribution in [0.4, 0.5) is 0 Å². The van der Waals surface area contributed by atoms with Gasteiger partial charge in [0.15, 0.2) is 6.29 Å². The second kappa shape index (κ2) is 5.51. The van der Waals surface area contributed by atoms with Crippen molar-refractivity contribution in [2.75, 3.05) is 20.5 Å². The second-order valence-electron chi connectivity index (χ2n) is 3.16. The zero-order valence-electron chi connectivity index (χ0n) is 7.91. The summed E-state index contributed by atoms with van der Waals surface area (Å²) in [5.41, 5.74) is 0. The fourth-order valence-electron chi connectivity index (χ4n) is 1.48. The van der Waals surface area contributed by atoms with E-state index in [4.69, 9.17) is 14.2 Å². The molecule has 2 atom stereocenters. The van der Waals surface area contributed by atoms with Crippen LogP contribution in [0.3, 0.4) is 0 Å². The average Bonchev–Trinajstić information content (AvgIpc) is 2.15. The molecular weight excluding hydrogens is 156 g/mol. The quantitative estimate of drug-likeness (QED) is 0.650. The lowest BCUT2D eigenvalue weighted by Gasteiger charge is -2.30. The molecule has 2 unspecified atom stereocenters. The first-order valence-electron chi connectivity index (χ1n) is 4.60. The van der Waals surface area contributed by atoms with E-state index in [-0.39, 0.29) is 6.29 Å². The van der Waals surface area contributed by atoms with Crippen molar-refractivity contribution >= 4 is 0 Å². The third-order valence-electron chi connectivity index (χ3n) is 2.19. The van der Waals surface area contributed by atoms with Gasteiger partial charge in [0, 0.05) is 13.0 Å². The molecule has 1 aliphatic rings. The van der Waals surface area contributed by atoms with Gasteiger partial charge in [-0.1, -0.05) is 19.8 Å². The van der Waals surface area contributed by atoms with Gasteiger partial charge in [-0.3, -0.25) is 0 Å². The molecule has 0 amide bonds. The van der Waals surface area contributed by atoms with E-state index >= 15 is 0 Å². The van der Waals surface area contributed by atoms with Crippen molar-refractivity contribution in [3.63, 3.8) is 0 Å². The van der Waals surface area contributed by atoms with Gasteiger partial charge in [-0.25, -0.2) is 0 Å². The molecule has 1 rings (SSSR count). The Bertz CT molecular complexity index is 116.